The molecule has 1 amide bonds. The Balaban J connectivity index is 3.77. The fourth-order valence-electron chi connectivity index (χ4n) is 0.978. The van der Waals surface area contributed by atoms with Gasteiger partial charge in [0.15, 0.2) is 0 Å². The second-order valence-corrected chi connectivity index (χ2v) is 4.25. The minimum absolute atomic E-state index is 0.0665. The molecular formula is C10H18F3NO. The smallest absolute Gasteiger partial charge is 0.351 e. The molecule has 1 N–H and O–H groups in total. The van der Waals surface area contributed by atoms with E-state index < -0.39 is 12.6 Å². The predicted octanol–water partition coefficient (Wildman–Crippen LogP) is 3.02. The lowest BCUT2D eigenvalue weighted by Gasteiger charge is -2.24. The summed E-state index contributed by atoms with van der Waals surface area (Å²) in [4.78, 5) is 11.2. The second kappa shape index (κ2) is 5.37. The van der Waals surface area contributed by atoms with E-state index in [1.165, 1.54) is 0 Å². The Kier molecular flexibility index (Phi) is 5.11. The first-order valence-corrected chi connectivity index (χ1v) is 5.04. The van der Waals surface area contributed by atoms with Gasteiger partial charge in [0.05, 0.1) is 0 Å². The average molecular weight is 225 g/mol. The van der Waals surface area contributed by atoms with E-state index in [2.05, 4.69) is 5.32 Å². The average Bonchev–Trinajstić information content (AvgIpc) is 2.00. The maximum absolute atomic E-state index is 11.8. The monoisotopic (exact) mass is 225 g/mol. The quantitative estimate of drug-likeness (QED) is 0.765. The van der Waals surface area contributed by atoms with Crippen LogP contribution in [0.15, 0.2) is 0 Å². The van der Waals surface area contributed by atoms with E-state index in [1.54, 1.807) is 0 Å². The van der Waals surface area contributed by atoms with Crippen molar-refractivity contribution in [2.24, 2.45) is 0 Å². The van der Waals surface area contributed by atoms with Crippen LogP contribution in [0.5, 0.6) is 0 Å². The highest BCUT2D eigenvalue weighted by Crippen LogP contribution is 2.22. The van der Waals surface area contributed by atoms with Gasteiger partial charge in [-0.1, -0.05) is 6.92 Å². The van der Waals surface area contributed by atoms with Crippen molar-refractivity contribution in [1.29, 1.82) is 0 Å². The highest BCUT2D eigenvalue weighted by molar-refractivity contribution is 5.76. The van der Waals surface area contributed by atoms with E-state index in [0.29, 0.717) is 0 Å². The number of carbonyl (C=O) groups is 1. The Hall–Kier alpha value is -0.740. The summed E-state index contributed by atoms with van der Waals surface area (Å²) in [5.41, 5.74) is -0.338. The molecule has 0 aliphatic heterocycles. The lowest BCUT2D eigenvalue weighted by atomic mass is 10.0. The van der Waals surface area contributed by atoms with Crippen molar-refractivity contribution in [2.45, 2.75) is 58.2 Å². The molecule has 0 spiro atoms. The fourth-order valence-corrected chi connectivity index (χ4v) is 0.978. The van der Waals surface area contributed by atoms with Crippen molar-refractivity contribution in [3.8, 4) is 0 Å². The van der Waals surface area contributed by atoms with Crippen molar-refractivity contribution in [3.63, 3.8) is 0 Å². The molecule has 5 heteroatoms. The largest absolute Gasteiger partial charge is 0.389 e. The molecule has 0 rings (SSSR count). The number of halogens is 3. The van der Waals surface area contributed by atoms with Crippen LogP contribution in [0.3, 0.4) is 0 Å². The normalized spacial score (nSPS) is 12.7. The van der Waals surface area contributed by atoms with Crippen LogP contribution in [-0.2, 0) is 4.79 Å². The Morgan fingerprint density at radius 2 is 1.80 bits per heavy atom. The van der Waals surface area contributed by atoms with Crippen LogP contribution in [0.1, 0.15) is 46.5 Å². The van der Waals surface area contributed by atoms with E-state index in [1.807, 2.05) is 20.8 Å². The molecule has 0 aromatic rings. The van der Waals surface area contributed by atoms with Gasteiger partial charge in [-0.05, 0) is 26.7 Å². The molecule has 0 aliphatic rings. The summed E-state index contributed by atoms with van der Waals surface area (Å²) in [7, 11) is 0. The lowest BCUT2D eigenvalue weighted by molar-refractivity contribution is -0.137. The molecule has 0 radical (unpaired) electrons. The van der Waals surface area contributed by atoms with Gasteiger partial charge in [0.25, 0.3) is 0 Å². The highest BCUT2D eigenvalue weighted by atomic mass is 19.4. The van der Waals surface area contributed by atoms with Crippen molar-refractivity contribution in [2.75, 3.05) is 0 Å². The van der Waals surface area contributed by atoms with Crippen molar-refractivity contribution in [1.82, 2.24) is 5.32 Å². The minimum Gasteiger partial charge on any atom is -0.351 e. The third-order valence-corrected chi connectivity index (χ3v) is 2.23. The topological polar surface area (TPSA) is 29.1 Å². The van der Waals surface area contributed by atoms with Gasteiger partial charge in [0.1, 0.15) is 0 Å². The summed E-state index contributed by atoms with van der Waals surface area (Å²) in [6.07, 6.45) is -4.52. The molecule has 0 atom stereocenters. The van der Waals surface area contributed by atoms with Gasteiger partial charge >= 0.3 is 6.18 Å². The molecule has 0 aromatic carbocycles. The van der Waals surface area contributed by atoms with Gasteiger partial charge in [0, 0.05) is 18.4 Å². The maximum atomic E-state index is 11.8. The van der Waals surface area contributed by atoms with Gasteiger partial charge < -0.3 is 5.32 Å². The van der Waals surface area contributed by atoms with E-state index in [-0.39, 0.29) is 24.3 Å². The first-order chi connectivity index (χ1) is 6.66. The molecule has 0 saturated carbocycles. The first kappa shape index (κ1) is 14.3. The molecule has 0 aromatic heterocycles. The van der Waals surface area contributed by atoms with Gasteiger partial charge in [-0.15, -0.1) is 0 Å². The first-order valence-electron chi connectivity index (χ1n) is 5.04. The highest BCUT2D eigenvalue weighted by Gasteiger charge is 2.27. The Morgan fingerprint density at radius 3 is 2.20 bits per heavy atom. The van der Waals surface area contributed by atoms with E-state index in [0.717, 1.165) is 6.42 Å². The summed E-state index contributed by atoms with van der Waals surface area (Å²) >= 11 is 0. The maximum Gasteiger partial charge on any atom is 0.389 e. The summed E-state index contributed by atoms with van der Waals surface area (Å²) in [5, 5.41) is 2.69. The molecule has 90 valence electrons. The number of nitrogens with one attached hydrogen (secondary N) is 1. The van der Waals surface area contributed by atoms with E-state index >= 15 is 0 Å². The van der Waals surface area contributed by atoms with Gasteiger partial charge in [-0.25, -0.2) is 0 Å². The van der Waals surface area contributed by atoms with Gasteiger partial charge in [-0.2, -0.15) is 13.2 Å². The van der Waals surface area contributed by atoms with Crippen molar-refractivity contribution >= 4 is 5.91 Å². The molecule has 0 unspecified atom stereocenters. The molecule has 2 nitrogen and oxygen atoms in total. The molecular weight excluding hydrogens is 207 g/mol. The van der Waals surface area contributed by atoms with E-state index in [9.17, 15) is 18.0 Å². The number of alkyl halides is 3. The number of hydrogen-bond acceptors (Lipinski definition) is 1. The van der Waals surface area contributed by atoms with Crippen LogP contribution in [0, 0.1) is 0 Å². The summed E-state index contributed by atoms with van der Waals surface area (Å²) < 4.78 is 35.3. The van der Waals surface area contributed by atoms with Crippen molar-refractivity contribution < 1.29 is 18.0 Å². The van der Waals surface area contributed by atoms with Crippen LogP contribution in [0.25, 0.3) is 0 Å². The summed E-state index contributed by atoms with van der Waals surface area (Å²) in [5.74, 6) is -0.314. The van der Waals surface area contributed by atoms with Crippen LogP contribution < -0.4 is 5.32 Å². The minimum atomic E-state index is -4.17. The van der Waals surface area contributed by atoms with Crippen LogP contribution in [0.4, 0.5) is 13.2 Å². The molecule has 0 saturated heterocycles. The van der Waals surface area contributed by atoms with Crippen LogP contribution >= 0.6 is 0 Å². The Labute approximate surface area is 88.2 Å². The third kappa shape index (κ3) is 8.27. The summed E-state index contributed by atoms with van der Waals surface area (Å²) in [6.45, 7) is 5.60. The molecule has 15 heavy (non-hydrogen) atoms. The Bertz CT molecular complexity index is 211. The molecule has 0 heterocycles. The predicted molar refractivity (Wildman–Crippen MR) is 52.4 cm³/mol. The zero-order chi connectivity index (χ0) is 12.1. The fraction of sp³-hybridized carbons (Fsp3) is 0.900. The van der Waals surface area contributed by atoms with Gasteiger partial charge in [-0.3, -0.25) is 4.79 Å². The van der Waals surface area contributed by atoms with Crippen LogP contribution in [-0.4, -0.2) is 17.6 Å². The number of amides is 1. The SMILES string of the molecule is CCC(C)(C)NC(=O)CCCC(F)(F)F. The molecule has 0 fully saturated rings. The third-order valence-electron chi connectivity index (χ3n) is 2.23. The van der Waals surface area contributed by atoms with Crippen LogP contribution in [0.2, 0.25) is 0 Å². The zero-order valence-electron chi connectivity index (χ0n) is 9.37. The second-order valence-electron chi connectivity index (χ2n) is 4.25. The van der Waals surface area contributed by atoms with Crippen molar-refractivity contribution in [3.05, 3.63) is 0 Å². The Morgan fingerprint density at radius 1 is 1.27 bits per heavy atom. The molecule has 0 bridgehead atoms. The standard InChI is InChI=1S/C10H18F3NO/c1-4-9(2,3)14-8(15)6-5-7-10(11,12)13/h4-7H2,1-3H3,(H,14,15). The number of rotatable bonds is 5. The lowest BCUT2D eigenvalue weighted by Crippen LogP contribution is -2.42. The summed E-state index contributed by atoms with van der Waals surface area (Å²) in [6, 6.07) is 0. The van der Waals surface area contributed by atoms with E-state index in [4.69, 9.17) is 0 Å². The molecule has 0 aliphatic carbocycles. The zero-order valence-corrected chi connectivity index (χ0v) is 9.37. The number of hydrogen-bond donors (Lipinski definition) is 1. The van der Waals surface area contributed by atoms with Gasteiger partial charge in [0.2, 0.25) is 5.91 Å². The number of carbonyl (C=O) groups excluding carboxylic acids is 1.